The number of benzene rings is 4. The van der Waals surface area contributed by atoms with Gasteiger partial charge >= 0.3 is 0 Å². The molecule has 0 bridgehead atoms. The van der Waals surface area contributed by atoms with Crippen LogP contribution < -0.4 is 0 Å². The number of pyridine rings is 1. The standard InChI is InChI=1S/C27H17F2NS/c28-22-8-6-18(7-9-22)20-12-23(29)15-25(13-20)31-24-10-11-26-21(14-24)16-30-17-27(26)19-4-2-1-3-5-19/h1-17H. The molecule has 5 rings (SSSR count). The Bertz CT molecular complexity index is 1370. The Labute approximate surface area is 183 Å². The van der Waals surface area contributed by atoms with Crippen LogP contribution in [0.4, 0.5) is 8.78 Å². The number of fused-ring (bicyclic) bond motifs is 1. The fraction of sp³-hybridized carbons (Fsp3) is 0. The van der Waals surface area contributed by atoms with Gasteiger partial charge < -0.3 is 0 Å². The molecule has 0 saturated carbocycles. The maximum absolute atomic E-state index is 14.3. The number of nitrogens with zero attached hydrogens (tertiary/aromatic N) is 1. The lowest BCUT2D eigenvalue weighted by Gasteiger charge is -2.10. The summed E-state index contributed by atoms with van der Waals surface area (Å²) in [4.78, 5) is 6.19. The Morgan fingerprint density at radius 1 is 0.581 bits per heavy atom. The van der Waals surface area contributed by atoms with Gasteiger partial charge in [0.05, 0.1) is 0 Å². The van der Waals surface area contributed by atoms with E-state index in [1.165, 1.54) is 36.0 Å². The van der Waals surface area contributed by atoms with Crippen molar-refractivity contribution in [1.29, 1.82) is 0 Å². The van der Waals surface area contributed by atoms with Gasteiger partial charge in [-0.15, -0.1) is 0 Å². The van der Waals surface area contributed by atoms with Gasteiger partial charge in [-0.25, -0.2) is 8.78 Å². The van der Waals surface area contributed by atoms with Crippen LogP contribution >= 0.6 is 11.8 Å². The molecule has 1 aromatic heterocycles. The highest BCUT2D eigenvalue weighted by atomic mass is 32.2. The topological polar surface area (TPSA) is 12.9 Å². The summed E-state index contributed by atoms with van der Waals surface area (Å²) in [5, 5.41) is 2.15. The smallest absolute Gasteiger partial charge is 0.124 e. The lowest BCUT2D eigenvalue weighted by atomic mass is 10.0. The van der Waals surface area contributed by atoms with Crippen molar-refractivity contribution in [2.75, 3.05) is 0 Å². The van der Waals surface area contributed by atoms with Gasteiger partial charge in [-0.1, -0.05) is 60.3 Å². The van der Waals surface area contributed by atoms with Crippen LogP contribution in [-0.4, -0.2) is 4.98 Å². The number of hydrogen-bond acceptors (Lipinski definition) is 2. The van der Waals surface area contributed by atoms with E-state index in [1.54, 1.807) is 12.1 Å². The second-order valence-corrected chi connectivity index (χ2v) is 8.37. The van der Waals surface area contributed by atoms with Crippen LogP contribution in [0.2, 0.25) is 0 Å². The highest BCUT2D eigenvalue weighted by Gasteiger charge is 2.08. The summed E-state index contributed by atoms with van der Waals surface area (Å²) in [6.45, 7) is 0. The van der Waals surface area contributed by atoms with Crippen LogP contribution in [-0.2, 0) is 0 Å². The highest BCUT2D eigenvalue weighted by Crippen LogP contribution is 2.35. The first kappa shape index (κ1) is 19.5. The molecule has 4 heteroatoms. The molecule has 0 unspecified atom stereocenters. The van der Waals surface area contributed by atoms with Crippen molar-refractivity contribution in [1.82, 2.24) is 4.98 Å². The number of hydrogen-bond donors (Lipinski definition) is 0. The van der Waals surface area contributed by atoms with Crippen molar-refractivity contribution in [3.63, 3.8) is 0 Å². The molecule has 0 atom stereocenters. The summed E-state index contributed by atoms with van der Waals surface area (Å²) in [7, 11) is 0. The van der Waals surface area contributed by atoms with E-state index in [0.29, 0.717) is 0 Å². The van der Waals surface area contributed by atoms with E-state index in [2.05, 4.69) is 29.2 Å². The lowest BCUT2D eigenvalue weighted by molar-refractivity contribution is 0.624. The van der Waals surface area contributed by atoms with Crippen molar-refractivity contribution in [3.8, 4) is 22.3 Å². The molecular formula is C27H17F2NS. The average molecular weight is 426 g/mol. The predicted molar refractivity (Wildman–Crippen MR) is 123 cm³/mol. The first-order valence-electron chi connectivity index (χ1n) is 9.83. The van der Waals surface area contributed by atoms with E-state index >= 15 is 0 Å². The molecular weight excluding hydrogens is 408 g/mol. The highest BCUT2D eigenvalue weighted by molar-refractivity contribution is 7.99. The SMILES string of the molecule is Fc1ccc(-c2cc(F)cc(Sc3ccc4c(-c5ccccc5)cncc4c3)c2)cc1. The van der Waals surface area contributed by atoms with Gasteiger partial charge in [0.2, 0.25) is 0 Å². The Kier molecular flexibility index (Phi) is 5.23. The van der Waals surface area contributed by atoms with Gasteiger partial charge in [-0.3, -0.25) is 4.98 Å². The molecule has 0 aliphatic carbocycles. The zero-order valence-corrected chi connectivity index (χ0v) is 17.2. The van der Waals surface area contributed by atoms with E-state index in [9.17, 15) is 8.78 Å². The minimum Gasteiger partial charge on any atom is -0.263 e. The van der Waals surface area contributed by atoms with Crippen LogP contribution in [0.25, 0.3) is 33.0 Å². The van der Waals surface area contributed by atoms with E-state index in [1.807, 2.05) is 42.7 Å². The van der Waals surface area contributed by atoms with Crippen molar-refractivity contribution in [3.05, 3.63) is 115 Å². The monoisotopic (exact) mass is 425 g/mol. The summed E-state index contributed by atoms with van der Waals surface area (Å²) in [6.07, 6.45) is 3.73. The molecule has 0 amide bonds. The van der Waals surface area contributed by atoms with Gasteiger partial charge in [0, 0.05) is 33.1 Å². The van der Waals surface area contributed by atoms with Crippen LogP contribution in [0, 0.1) is 11.6 Å². The molecule has 1 nitrogen and oxygen atoms in total. The Balaban J connectivity index is 1.49. The Morgan fingerprint density at radius 3 is 2.19 bits per heavy atom. The molecule has 150 valence electrons. The molecule has 5 aromatic rings. The summed E-state index contributed by atoms with van der Waals surface area (Å²) in [5.41, 5.74) is 3.70. The molecule has 0 N–H and O–H groups in total. The van der Waals surface area contributed by atoms with Gasteiger partial charge in [0.1, 0.15) is 11.6 Å². The molecule has 0 aliphatic heterocycles. The fourth-order valence-corrected chi connectivity index (χ4v) is 4.58. The first-order valence-corrected chi connectivity index (χ1v) is 10.6. The van der Waals surface area contributed by atoms with E-state index in [4.69, 9.17) is 0 Å². The zero-order valence-electron chi connectivity index (χ0n) is 16.4. The van der Waals surface area contributed by atoms with Gasteiger partial charge in [-0.2, -0.15) is 0 Å². The third-order valence-corrected chi connectivity index (χ3v) is 6.06. The first-order chi connectivity index (χ1) is 15.2. The Morgan fingerprint density at radius 2 is 1.39 bits per heavy atom. The summed E-state index contributed by atoms with van der Waals surface area (Å²) >= 11 is 1.49. The maximum atomic E-state index is 14.3. The summed E-state index contributed by atoms with van der Waals surface area (Å²) in [5.74, 6) is -0.632. The number of aromatic nitrogens is 1. The molecule has 0 saturated heterocycles. The van der Waals surface area contributed by atoms with Crippen LogP contribution in [0.15, 0.2) is 113 Å². The normalized spacial score (nSPS) is 11.0. The van der Waals surface area contributed by atoms with Crippen LogP contribution in [0.5, 0.6) is 0 Å². The molecule has 0 radical (unpaired) electrons. The third-order valence-electron chi connectivity index (χ3n) is 5.10. The quantitative estimate of drug-likeness (QED) is 0.289. The molecule has 0 fully saturated rings. The predicted octanol–water partition coefficient (Wildman–Crippen LogP) is 8.00. The molecule has 4 aromatic carbocycles. The molecule has 31 heavy (non-hydrogen) atoms. The van der Waals surface area contributed by atoms with E-state index < -0.39 is 0 Å². The molecule has 0 aliphatic rings. The summed E-state index contributed by atoms with van der Waals surface area (Å²) in [6, 6.07) is 27.4. The number of halogens is 2. The molecule has 0 spiro atoms. The zero-order chi connectivity index (χ0) is 21.2. The van der Waals surface area contributed by atoms with Crippen LogP contribution in [0.3, 0.4) is 0 Å². The van der Waals surface area contributed by atoms with Crippen molar-refractivity contribution >= 4 is 22.5 Å². The third kappa shape index (κ3) is 4.21. The maximum Gasteiger partial charge on any atom is 0.124 e. The average Bonchev–Trinajstić information content (AvgIpc) is 2.79. The fourth-order valence-electron chi connectivity index (χ4n) is 3.63. The largest absolute Gasteiger partial charge is 0.263 e. The second kappa shape index (κ2) is 8.32. The minimum atomic E-state index is -0.321. The summed E-state index contributed by atoms with van der Waals surface area (Å²) < 4.78 is 27.5. The molecule has 1 heterocycles. The van der Waals surface area contributed by atoms with Gasteiger partial charge in [-0.05, 0) is 64.5 Å². The van der Waals surface area contributed by atoms with Crippen molar-refractivity contribution < 1.29 is 8.78 Å². The Hall–Kier alpha value is -3.50. The van der Waals surface area contributed by atoms with Gasteiger partial charge in [0.25, 0.3) is 0 Å². The van der Waals surface area contributed by atoms with Crippen molar-refractivity contribution in [2.24, 2.45) is 0 Å². The van der Waals surface area contributed by atoms with Crippen LogP contribution in [0.1, 0.15) is 0 Å². The lowest BCUT2D eigenvalue weighted by Crippen LogP contribution is -1.86. The van der Waals surface area contributed by atoms with Gasteiger partial charge in [0.15, 0.2) is 0 Å². The minimum absolute atomic E-state index is 0.311. The second-order valence-electron chi connectivity index (χ2n) is 7.22. The van der Waals surface area contributed by atoms with E-state index in [0.717, 1.165) is 42.8 Å². The van der Waals surface area contributed by atoms with E-state index in [-0.39, 0.29) is 11.6 Å². The number of rotatable bonds is 4. The van der Waals surface area contributed by atoms with Crippen molar-refractivity contribution in [2.45, 2.75) is 9.79 Å².